The second kappa shape index (κ2) is 11.3. The number of amides is 1. The number of hydrogen-bond donors (Lipinski definition) is 1. The predicted molar refractivity (Wildman–Crippen MR) is 149 cm³/mol. The smallest absolute Gasteiger partial charge is 0.360 e. The number of anilines is 1. The fourth-order valence-electron chi connectivity index (χ4n) is 4.62. The van der Waals surface area contributed by atoms with Crippen molar-refractivity contribution < 1.29 is 28.2 Å². The number of rotatable bonds is 8. The Morgan fingerprint density at radius 2 is 1.79 bits per heavy atom. The van der Waals surface area contributed by atoms with E-state index >= 15 is 0 Å². The summed E-state index contributed by atoms with van der Waals surface area (Å²) in [4.78, 5) is 26.1. The van der Waals surface area contributed by atoms with Crippen LogP contribution in [0.3, 0.4) is 0 Å². The summed E-state index contributed by atoms with van der Waals surface area (Å²) >= 11 is 0. The Kier molecular flexibility index (Phi) is 7.54. The van der Waals surface area contributed by atoms with E-state index in [0.717, 1.165) is 24.8 Å². The summed E-state index contributed by atoms with van der Waals surface area (Å²) in [6, 6.07) is 17.6. The molecular formula is C31H29NO7. The van der Waals surface area contributed by atoms with Crippen LogP contribution in [0, 0.1) is 0 Å². The van der Waals surface area contributed by atoms with Gasteiger partial charge in [-0.05, 0) is 79.4 Å². The third kappa shape index (κ3) is 5.45. The molecule has 39 heavy (non-hydrogen) atoms. The molecular weight excluding hydrogens is 498 g/mol. The van der Waals surface area contributed by atoms with Crippen LogP contribution in [0.1, 0.15) is 29.6 Å². The Hall–Kier alpha value is -4.72. The van der Waals surface area contributed by atoms with E-state index in [-0.39, 0.29) is 17.4 Å². The Morgan fingerprint density at radius 3 is 2.54 bits per heavy atom. The van der Waals surface area contributed by atoms with Gasteiger partial charge in [-0.25, -0.2) is 4.79 Å². The lowest BCUT2D eigenvalue weighted by Gasteiger charge is -2.20. The summed E-state index contributed by atoms with van der Waals surface area (Å²) in [5.74, 6) is 1.63. The van der Waals surface area contributed by atoms with E-state index < -0.39 is 11.5 Å². The molecule has 1 aliphatic rings. The monoisotopic (exact) mass is 527 g/mol. The van der Waals surface area contributed by atoms with Crippen molar-refractivity contribution in [3.63, 3.8) is 0 Å². The van der Waals surface area contributed by atoms with E-state index in [0.29, 0.717) is 39.5 Å². The van der Waals surface area contributed by atoms with Gasteiger partial charge in [0.25, 0.3) is 5.91 Å². The summed E-state index contributed by atoms with van der Waals surface area (Å²) in [6.45, 7) is 0. The number of allylic oxidation sites excluding steroid dienone is 1. The van der Waals surface area contributed by atoms with Crippen LogP contribution in [-0.4, -0.2) is 33.3 Å². The molecule has 0 fully saturated rings. The molecule has 8 heteroatoms. The molecule has 8 nitrogen and oxygen atoms in total. The van der Waals surface area contributed by atoms with Crippen molar-refractivity contribution in [2.75, 3.05) is 26.6 Å². The minimum atomic E-state index is -0.703. The van der Waals surface area contributed by atoms with Gasteiger partial charge in [0.1, 0.15) is 23.3 Å². The van der Waals surface area contributed by atoms with Gasteiger partial charge in [0.05, 0.1) is 21.3 Å². The van der Waals surface area contributed by atoms with Gasteiger partial charge in [-0.2, -0.15) is 0 Å². The van der Waals surface area contributed by atoms with Gasteiger partial charge in [0, 0.05) is 16.5 Å². The molecule has 0 saturated heterocycles. The van der Waals surface area contributed by atoms with E-state index in [4.69, 9.17) is 23.4 Å². The average molecular weight is 528 g/mol. The van der Waals surface area contributed by atoms with Gasteiger partial charge in [0.2, 0.25) is 5.75 Å². The summed E-state index contributed by atoms with van der Waals surface area (Å²) < 4.78 is 28.1. The van der Waals surface area contributed by atoms with Crippen molar-refractivity contribution in [2.24, 2.45) is 0 Å². The Labute approximate surface area is 225 Å². The van der Waals surface area contributed by atoms with E-state index in [2.05, 4.69) is 11.4 Å². The lowest BCUT2D eigenvalue weighted by molar-refractivity contribution is 0.102. The first-order valence-corrected chi connectivity index (χ1v) is 12.6. The molecule has 0 saturated carbocycles. The van der Waals surface area contributed by atoms with E-state index in [1.807, 2.05) is 30.3 Å². The normalized spacial score (nSPS) is 14.6. The summed E-state index contributed by atoms with van der Waals surface area (Å²) in [5.41, 5.74) is 1.43. The lowest BCUT2D eigenvalue weighted by atomic mass is 10.0. The molecule has 0 radical (unpaired) electrons. The zero-order valence-corrected chi connectivity index (χ0v) is 22.0. The van der Waals surface area contributed by atoms with Gasteiger partial charge in [-0.3, -0.25) is 4.79 Å². The zero-order valence-electron chi connectivity index (χ0n) is 22.0. The van der Waals surface area contributed by atoms with Crippen molar-refractivity contribution in [3.8, 4) is 34.1 Å². The second-order valence-electron chi connectivity index (χ2n) is 9.08. The highest BCUT2D eigenvalue weighted by Gasteiger charge is 2.20. The van der Waals surface area contributed by atoms with Crippen LogP contribution in [-0.2, 0) is 0 Å². The standard InChI is InChI=1S/C31H29NO7/c1-35-23-11-7-8-19(16-23)24-17-21(13-14-26(24)36-2)30(33)32-25-18-20-12-15-27(38-22-9-5-4-6-10-22)29(37-3)28(20)39-31(25)34/h5,7-9,11-18,22H,4,6,10H2,1-3H3,(H,32,33). The van der Waals surface area contributed by atoms with Crippen LogP contribution in [0.4, 0.5) is 5.69 Å². The lowest BCUT2D eigenvalue weighted by Crippen LogP contribution is -2.18. The fourth-order valence-corrected chi connectivity index (χ4v) is 4.62. The maximum Gasteiger partial charge on any atom is 0.360 e. The summed E-state index contributed by atoms with van der Waals surface area (Å²) in [5, 5.41) is 3.27. The average Bonchev–Trinajstić information content (AvgIpc) is 2.97. The Morgan fingerprint density at radius 1 is 0.949 bits per heavy atom. The summed E-state index contributed by atoms with van der Waals surface area (Å²) in [6.07, 6.45) is 7.04. The topological polar surface area (TPSA) is 96.2 Å². The van der Waals surface area contributed by atoms with Crippen molar-refractivity contribution in [2.45, 2.75) is 25.4 Å². The van der Waals surface area contributed by atoms with Gasteiger partial charge < -0.3 is 28.7 Å². The SMILES string of the molecule is COc1cccc(-c2cc(C(=O)Nc3cc4ccc(OC5C=CCCC5)c(OC)c4oc3=O)ccc2OC)c1. The minimum Gasteiger partial charge on any atom is -0.497 e. The van der Waals surface area contributed by atoms with Gasteiger partial charge in [0.15, 0.2) is 11.3 Å². The molecule has 5 rings (SSSR count). The van der Waals surface area contributed by atoms with Crippen molar-refractivity contribution in [3.05, 3.63) is 88.8 Å². The predicted octanol–water partition coefficient (Wildman–Crippen LogP) is 6.23. The minimum absolute atomic E-state index is 0.0113. The van der Waals surface area contributed by atoms with E-state index in [1.165, 1.54) is 7.11 Å². The molecule has 1 unspecified atom stereocenters. The molecule has 1 heterocycles. The van der Waals surface area contributed by atoms with Crippen molar-refractivity contribution in [1.29, 1.82) is 0 Å². The molecule has 0 bridgehead atoms. The number of hydrogen-bond acceptors (Lipinski definition) is 7. The number of carbonyl (C=O) groups excluding carboxylic acids is 1. The van der Waals surface area contributed by atoms with Gasteiger partial charge in [-0.1, -0.05) is 18.2 Å². The van der Waals surface area contributed by atoms with Crippen LogP contribution < -0.4 is 29.9 Å². The largest absolute Gasteiger partial charge is 0.497 e. The molecule has 1 amide bonds. The zero-order chi connectivity index (χ0) is 27.4. The van der Waals surface area contributed by atoms with Gasteiger partial charge >= 0.3 is 5.63 Å². The first-order chi connectivity index (χ1) is 19.0. The quantitative estimate of drug-likeness (QED) is 0.214. The first kappa shape index (κ1) is 25.9. The highest BCUT2D eigenvalue weighted by Crippen LogP contribution is 2.37. The van der Waals surface area contributed by atoms with Crippen LogP contribution in [0.5, 0.6) is 23.0 Å². The number of nitrogens with one attached hydrogen (secondary N) is 1. The Bertz CT molecular complexity index is 1600. The number of methoxy groups -OCH3 is 3. The van der Waals surface area contributed by atoms with Crippen LogP contribution in [0.15, 0.2) is 82.0 Å². The van der Waals surface area contributed by atoms with Crippen LogP contribution in [0.25, 0.3) is 22.1 Å². The van der Waals surface area contributed by atoms with Gasteiger partial charge in [-0.15, -0.1) is 0 Å². The van der Waals surface area contributed by atoms with E-state index in [9.17, 15) is 9.59 Å². The van der Waals surface area contributed by atoms with E-state index in [1.54, 1.807) is 50.6 Å². The first-order valence-electron chi connectivity index (χ1n) is 12.6. The van der Waals surface area contributed by atoms with Crippen molar-refractivity contribution in [1.82, 2.24) is 0 Å². The molecule has 1 aromatic heterocycles. The van der Waals surface area contributed by atoms with Crippen LogP contribution in [0.2, 0.25) is 0 Å². The molecule has 200 valence electrons. The highest BCUT2D eigenvalue weighted by molar-refractivity contribution is 6.06. The highest BCUT2D eigenvalue weighted by atomic mass is 16.5. The fraction of sp³-hybridized carbons (Fsp3) is 0.226. The molecule has 3 aromatic carbocycles. The maximum atomic E-state index is 13.2. The Balaban J connectivity index is 1.44. The molecule has 0 spiro atoms. The number of fused-ring (bicyclic) bond motifs is 1. The van der Waals surface area contributed by atoms with Crippen molar-refractivity contribution >= 4 is 22.6 Å². The number of benzene rings is 3. The molecule has 0 aliphatic heterocycles. The van der Waals surface area contributed by atoms with Crippen LogP contribution >= 0.6 is 0 Å². The number of carbonyl (C=O) groups is 1. The summed E-state index contributed by atoms with van der Waals surface area (Å²) in [7, 11) is 4.65. The number of ether oxygens (including phenoxy) is 4. The third-order valence-corrected chi connectivity index (χ3v) is 6.60. The third-order valence-electron chi connectivity index (χ3n) is 6.60. The maximum absolute atomic E-state index is 13.2. The molecule has 1 atom stereocenters. The molecule has 1 aliphatic carbocycles. The second-order valence-corrected chi connectivity index (χ2v) is 9.08. The molecule has 1 N–H and O–H groups in total. The molecule has 4 aromatic rings.